The van der Waals surface area contributed by atoms with Crippen LogP contribution in [0.25, 0.3) is 0 Å². The Morgan fingerprint density at radius 3 is 2.59 bits per heavy atom. The first kappa shape index (κ1) is 14.1. The average Bonchev–Trinajstić information content (AvgIpc) is 2.15. The summed E-state index contributed by atoms with van der Waals surface area (Å²) in [5.41, 5.74) is 0. The monoisotopic (exact) mass is 323 g/mol. The molecule has 0 spiro atoms. The van der Waals surface area contributed by atoms with E-state index in [1.54, 1.807) is 6.92 Å². The zero-order valence-corrected chi connectivity index (χ0v) is 11.1. The van der Waals surface area contributed by atoms with Crippen molar-refractivity contribution in [2.24, 2.45) is 0 Å². The fourth-order valence-corrected chi connectivity index (χ4v) is 3.16. The summed E-state index contributed by atoms with van der Waals surface area (Å²) in [6.07, 6.45) is 0. The average molecular weight is 324 g/mol. The Morgan fingerprint density at radius 2 is 2.06 bits per heavy atom. The third-order valence-electron chi connectivity index (χ3n) is 1.76. The summed E-state index contributed by atoms with van der Waals surface area (Å²) in [6.45, 7) is 1.41. The van der Waals surface area contributed by atoms with E-state index in [9.17, 15) is 17.2 Å². The first-order chi connectivity index (χ1) is 7.88. The van der Waals surface area contributed by atoms with Crippen LogP contribution in [0.2, 0.25) is 0 Å². The molecule has 0 unspecified atom stereocenters. The van der Waals surface area contributed by atoms with Crippen LogP contribution in [-0.2, 0) is 10.0 Å². The van der Waals surface area contributed by atoms with Crippen LogP contribution in [-0.4, -0.2) is 15.0 Å². The second kappa shape index (κ2) is 5.58. The van der Waals surface area contributed by atoms with Crippen molar-refractivity contribution >= 4 is 26.0 Å². The van der Waals surface area contributed by atoms with Crippen molar-refractivity contribution in [3.8, 4) is 11.8 Å². The Labute approximate surface area is 106 Å². The molecule has 0 heterocycles. The van der Waals surface area contributed by atoms with Gasteiger partial charge in [0.15, 0.2) is 0 Å². The molecular formula is C10H8BrF2NO2S. The first-order valence-corrected chi connectivity index (χ1v) is 6.70. The third-order valence-corrected chi connectivity index (χ3v) is 4.12. The molecule has 0 aliphatic rings. The Kier molecular flexibility index (Phi) is 4.62. The molecule has 0 aliphatic carbocycles. The number of sulfonamides is 1. The highest BCUT2D eigenvalue weighted by atomic mass is 79.9. The molecule has 1 rings (SSSR count). The van der Waals surface area contributed by atoms with E-state index >= 15 is 0 Å². The van der Waals surface area contributed by atoms with Crippen LogP contribution < -0.4 is 4.72 Å². The Balaban J connectivity index is 3.18. The second-order valence-corrected chi connectivity index (χ2v) is 5.51. The van der Waals surface area contributed by atoms with Crippen LogP contribution in [0, 0.1) is 23.5 Å². The summed E-state index contributed by atoms with van der Waals surface area (Å²) in [6, 6.07) is 1.38. The number of hydrogen-bond acceptors (Lipinski definition) is 2. The van der Waals surface area contributed by atoms with Crippen molar-refractivity contribution in [3.05, 3.63) is 28.2 Å². The van der Waals surface area contributed by atoms with Gasteiger partial charge in [-0.05, 0) is 28.9 Å². The summed E-state index contributed by atoms with van der Waals surface area (Å²) in [5.74, 6) is 2.94. The number of rotatable bonds is 3. The number of hydrogen-bond donors (Lipinski definition) is 1. The minimum Gasteiger partial charge on any atom is -0.207 e. The maximum absolute atomic E-state index is 13.4. The van der Waals surface area contributed by atoms with Gasteiger partial charge in [-0.3, -0.25) is 0 Å². The normalized spacial score (nSPS) is 10.8. The van der Waals surface area contributed by atoms with Gasteiger partial charge in [-0.25, -0.2) is 17.2 Å². The van der Waals surface area contributed by atoms with E-state index in [1.165, 1.54) is 0 Å². The van der Waals surface area contributed by atoms with Gasteiger partial charge in [-0.2, -0.15) is 4.72 Å². The summed E-state index contributed by atoms with van der Waals surface area (Å²) in [5, 5.41) is 0. The molecule has 0 aromatic heterocycles. The van der Waals surface area contributed by atoms with Gasteiger partial charge in [0, 0.05) is 10.5 Å². The van der Waals surface area contributed by atoms with Gasteiger partial charge in [0.05, 0.1) is 6.54 Å². The smallest absolute Gasteiger partial charge is 0.207 e. The SMILES string of the molecule is CC#CCNS(=O)(=O)c1c(F)cc(F)cc1Br. The molecule has 1 aromatic carbocycles. The minimum absolute atomic E-state index is 0.137. The van der Waals surface area contributed by atoms with Crippen LogP contribution in [0.1, 0.15) is 6.92 Å². The molecule has 7 heteroatoms. The topological polar surface area (TPSA) is 46.2 Å². The van der Waals surface area contributed by atoms with Gasteiger partial charge in [0.25, 0.3) is 0 Å². The lowest BCUT2D eigenvalue weighted by atomic mass is 10.3. The molecule has 0 saturated heterocycles. The standard InChI is InChI=1S/C10H8BrF2NO2S/c1-2-3-4-14-17(15,16)10-8(11)5-7(12)6-9(10)13/h5-6,14H,4H2,1H3. The summed E-state index contributed by atoms with van der Waals surface area (Å²) in [7, 11) is -4.05. The maximum atomic E-state index is 13.4. The van der Waals surface area contributed by atoms with Crippen molar-refractivity contribution in [2.75, 3.05) is 6.54 Å². The van der Waals surface area contributed by atoms with E-state index in [0.717, 1.165) is 6.07 Å². The molecular weight excluding hydrogens is 316 g/mol. The Morgan fingerprint density at radius 1 is 1.41 bits per heavy atom. The van der Waals surface area contributed by atoms with E-state index in [1.807, 2.05) is 0 Å². The summed E-state index contributed by atoms with van der Waals surface area (Å²) >= 11 is 2.81. The van der Waals surface area contributed by atoms with E-state index in [2.05, 4.69) is 32.5 Å². The van der Waals surface area contributed by atoms with Crippen molar-refractivity contribution in [3.63, 3.8) is 0 Å². The lowest BCUT2D eigenvalue weighted by Gasteiger charge is -2.07. The van der Waals surface area contributed by atoms with Crippen LogP contribution in [0.4, 0.5) is 8.78 Å². The van der Waals surface area contributed by atoms with Crippen molar-refractivity contribution in [1.82, 2.24) is 4.72 Å². The largest absolute Gasteiger partial charge is 0.245 e. The Bertz CT molecular complexity index is 567. The van der Waals surface area contributed by atoms with Gasteiger partial charge < -0.3 is 0 Å². The molecule has 0 radical (unpaired) electrons. The molecule has 0 bridgehead atoms. The maximum Gasteiger partial charge on any atom is 0.245 e. The predicted octanol–water partition coefficient (Wildman–Crippen LogP) is 2.03. The molecule has 0 aliphatic heterocycles. The van der Waals surface area contributed by atoms with Crippen molar-refractivity contribution in [2.45, 2.75) is 11.8 Å². The lowest BCUT2D eigenvalue weighted by molar-refractivity contribution is 0.542. The zero-order valence-electron chi connectivity index (χ0n) is 8.72. The fraction of sp³-hybridized carbons (Fsp3) is 0.200. The number of nitrogens with one attached hydrogen (secondary N) is 1. The highest BCUT2D eigenvalue weighted by Gasteiger charge is 2.22. The first-order valence-electron chi connectivity index (χ1n) is 4.42. The number of halogens is 3. The van der Waals surface area contributed by atoms with Crippen molar-refractivity contribution in [1.29, 1.82) is 0 Å². The molecule has 17 heavy (non-hydrogen) atoms. The van der Waals surface area contributed by atoms with Gasteiger partial charge in [0.1, 0.15) is 16.5 Å². The summed E-state index contributed by atoms with van der Waals surface area (Å²) < 4.78 is 51.5. The molecule has 0 saturated carbocycles. The van der Waals surface area contributed by atoms with E-state index in [-0.39, 0.29) is 11.0 Å². The van der Waals surface area contributed by atoms with E-state index < -0.39 is 26.6 Å². The van der Waals surface area contributed by atoms with Crippen molar-refractivity contribution < 1.29 is 17.2 Å². The minimum atomic E-state index is -4.05. The van der Waals surface area contributed by atoms with E-state index in [0.29, 0.717) is 6.07 Å². The second-order valence-electron chi connectivity index (χ2n) is 2.95. The lowest BCUT2D eigenvalue weighted by Crippen LogP contribution is -2.25. The van der Waals surface area contributed by atoms with E-state index in [4.69, 9.17) is 0 Å². The molecule has 0 atom stereocenters. The molecule has 0 fully saturated rings. The third kappa shape index (κ3) is 3.49. The van der Waals surface area contributed by atoms with Gasteiger partial charge in [-0.15, -0.1) is 5.92 Å². The van der Waals surface area contributed by atoms with Gasteiger partial charge in [0.2, 0.25) is 10.0 Å². The van der Waals surface area contributed by atoms with Crippen LogP contribution >= 0.6 is 15.9 Å². The van der Waals surface area contributed by atoms with Crippen LogP contribution in [0.3, 0.4) is 0 Å². The highest BCUT2D eigenvalue weighted by molar-refractivity contribution is 9.10. The Hall–Kier alpha value is -0.970. The fourth-order valence-electron chi connectivity index (χ4n) is 1.08. The summed E-state index contributed by atoms with van der Waals surface area (Å²) in [4.78, 5) is -0.628. The van der Waals surface area contributed by atoms with Gasteiger partial charge in [-0.1, -0.05) is 5.92 Å². The quantitative estimate of drug-likeness (QED) is 0.865. The molecule has 1 N–H and O–H groups in total. The highest BCUT2D eigenvalue weighted by Crippen LogP contribution is 2.25. The zero-order chi connectivity index (χ0) is 13.1. The number of benzene rings is 1. The van der Waals surface area contributed by atoms with Crippen LogP contribution in [0.15, 0.2) is 21.5 Å². The van der Waals surface area contributed by atoms with Crippen LogP contribution in [0.5, 0.6) is 0 Å². The predicted molar refractivity (Wildman–Crippen MR) is 62.7 cm³/mol. The molecule has 1 aromatic rings. The molecule has 92 valence electrons. The van der Waals surface area contributed by atoms with Gasteiger partial charge >= 0.3 is 0 Å². The molecule has 3 nitrogen and oxygen atoms in total. The molecule has 0 amide bonds.